The third kappa shape index (κ3) is 3.86. The lowest BCUT2D eigenvalue weighted by Gasteiger charge is -2.19. The van der Waals surface area contributed by atoms with Crippen LogP contribution in [0, 0.1) is 0 Å². The van der Waals surface area contributed by atoms with E-state index in [-0.39, 0.29) is 23.7 Å². The molecule has 0 saturated heterocycles. The predicted octanol–water partition coefficient (Wildman–Crippen LogP) is 3.72. The lowest BCUT2D eigenvalue weighted by atomic mass is 10.1. The van der Waals surface area contributed by atoms with E-state index in [9.17, 15) is 9.59 Å². The molecule has 0 saturated carbocycles. The lowest BCUT2D eigenvalue weighted by Crippen LogP contribution is -2.35. The summed E-state index contributed by atoms with van der Waals surface area (Å²) in [6.07, 6.45) is 0. The first-order valence-electron chi connectivity index (χ1n) is 9.19. The molecular formula is C22H23NO5. The second-order valence-electron chi connectivity index (χ2n) is 6.17. The van der Waals surface area contributed by atoms with Gasteiger partial charge in [0, 0.05) is 18.7 Å². The van der Waals surface area contributed by atoms with Crippen molar-refractivity contribution in [2.75, 3.05) is 26.8 Å². The molecule has 0 aliphatic rings. The zero-order valence-corrected chi connectivity index (χ0v) is 16.2. The van der Waals surface area contributed by atoms with Crippen LogP contribution in [0.2, 0.25) is 0 Å². The molecule has 2 aromatic carbocycles. The largest absolute Gasteiger partial charge is 0.497 e. The highest BCUT2D eigenvalue weighted by Gasteiger charge is 2.20. The van der Waals surface area contributed by atoms with Crippen LogP contribution < -0.4 is 14.9 Å². The lowest BCUT2D eigenvalue weighted by molar-refractivity contribution is -0.132. The minimum atomic E-state index is -0.306. The van der Waals surface area contributed by atoms with E-state index in [2.05, 4.69) is 0 Å². The van der Waals surface area contributed by atoms with Crippen LogP contribution in [0.3, 0.4) is 0 Å². The average Bonchev–Trinajstić information content (AvgIpc) is 2.74. The summed E-state index contributed by atoms with van der Waals surface area (Å²) < 4.78 is 16.9. The van der Waals surface area contributed by atoms with Crippen LogP contribution in [0.25, 0.3) is 22.3 Å². The molecule has 1 heterocycles. The number of ether oxygens (including phenoxy) is 2. The third-order valence-corrected chi connectivity index (χ3v) is 4.56. The van der Waals surface area contributed by atoms with Crippen molar-refractivity contribution in [2.24, 2.45) is 0 Å². The molecule has 1 aromatic heterocycles. The number of likely N-dealkylation sites (N-methyl/N-ethyl adjacent to an activating group) is 1. The second-order valence-corrected chi connectivity index (χ2v) is 6.17. The van der Waals surface area contributed by atoms with E-state index in [1.165, 1.54) is 0 Å². The fraction of sp³-hybridized carbons (Fsp3) is 0.273. The van der Waals surface area contributed by atoms with E-state index in [1.54, 1.807) is 60.5 Å². The van der Waals surface area contributed by atoms with Gasteiger partial charge in [-0.2, -0.15) is 0 Å². The van der Waals surface area contributed by atoms with E-state index < -0.39 is 0 Å². The van der Waals surface area contributed by atoms with E-state index in [4.69, 9.17) is 13.9 Å². The summed E-state index contributed by atoms with van der Waals surface area (Å²) in [5.74, 6) is 0.826. The Balaban J connectivity index is 2.06. The molecule has 0 bridgehead atoms. The van der Waals surface area contributed by atoms with E-state index in [0.29, 0.717) is 41.1 Å². The van der Waals surface area contributed by atoms with Gasteiger partial charge in [0.05, 0.1) is 12.5 Å². The number of carbonyl (C=O) groups excluding carboxylic acids is 1. The number of amides is 1. The van der Waals surface area contributed by atoms with Crippen molar-refractivity contribution in [3.8, 4) is 22.8 Å². The number of fused-ring (bicyclic) bond motifs is 1. The number of methoxy groups -OCH3 is 1. The van der Waals surface area contributed by atoms with Crippen LogP contribution in [-0.2, 0) is 4.79 Å². The molecule has 0 fully saturated rings. The molecular weight excluding hydrogens is 358 g/mol. The Morgan fingerprint density at radius 1 is 1.04 bits per heavy atom. The van der Waals surface area contributed by atoms with Crippen molar-refractivity contribution in [2.45, 2.75) is 13.8 Å². The molecule has 6 nitrogen and oxygen atoms in total. The Bertz CT molecular complexity index is 1020. The number of nitrogens with zero attached hydrogens (tertiary/aromatic N) is 1. The van der Waals surface area contributed by atoms with Gasteiger partial charge in [-0.15, -0.1) is 0 Å². The molecule has 0 spiro atoms. The summed E-state index contributed by atoms with van der Waals surface area (Å²) >= 11 is 0. The molecule has 0 atom stereocenters. The number of para-hydroxylation sites is 1. The SMILES string of the molecule is CCN(CC)C(=O)COc1c(-c2ccc(OC)cc2)oc2ccccc2c1=O. The summed E-state index contributed by atoms with van der Waals surface area (Å²) in [4.78, 5) is 27.0. The molecule has 0 aliphatic heterocycles. The van der Waals surface area contributed by atoms with Gasteiger partial charge in [-0.3, -0.25) is 9.59 Å². The van der Waals surface area contributed by atoms with Crippen LogP contribution in [0.5, 0.6) is 11.5 Å². The summed E-state index contributed by atoms with van der Waals surface area (Å²) in [7, 11) is 1.58. The average molecular weight is 381 g/mol. The van der Waals surface area contributed by atoms with Crippen LogP contribution in [0.15, 0.2) is 57.7 Å². The van der Waals surface area contributed by atoms with Crippen LogP contribution in [-0.4, -0.2) is 37.6 Å². The molecule has 6 heteroatoms. The molecule has 3 rings (SSSR count). The molecule has 146 valence electrons. The molecule has 0 radical (unpaired) electrons. The van der Waals surface area contributed by atoms with Crippen LogP contribution >= 0.6 is 0 Å². The monoisotopic (exact) mass is 381 g/mol. The van der Waals surface area contributed by atoms with Gasteiger partial charge in [0.2, 0.25) is 11.2 Å². The highest BCUT2D eigenvalue weighted by molar-refractivity contribution is 5.83. The number of hydrogen-bond donors (Lipinski definition) is 0. The zero-order chi connectivity index (χ0) is 20.1. The van der Waals surface area contributed by atoms with Gasteiger partial charge in [0.25, 0.3) is 5.91 Å². The third-order valence-electron chi connectivity index (χ3n) is 4.56. The highest BCUT2D eigenvalue weighted by Crippen LogP contribution is 2.31. The maximum atomic E-state index is 13.0. The summed E-state index contributed by atoms with van der Waals surface area (Å²) in [5, 5.41) is 0.407. The first-order chi connectivity index (χ1) is 13.6. The van der Waals surface area contributed by atoms with Gasteiger partial charge in [-0.05, 0) is 50.2 Å². The number of carbonyl (C=O) groups is 1. The standard InChI is InChI=1S/C22H23NO5/c1-4-23(5-2)19(24)14-27-22-20(25)17-8-6-7-9-18(17)28-21(22)15-10-12-16(26-3)13-11-15/h6-13H,4-5,14H2,1-3H3. The van der Waals surface area contributed by atoms with Gasteiger partial charge in [-0.1, -0.05) is 12.1 Å². The first-order valence-corrected chi connectivity index (χ1v) is 9.19. The van der Waals surface area contributed by atoms with E-state index in [0.717, 1.165) is 0 Å². The van der Waals surface area contributed by atoms with E-state index in [1.807, 2.05) is 13.8 Å². The van der Waals surface area contributed by atoms with Gasteiger partial charge in [-0.25, -0.2) is 0 Å². The molecule has 0 aliphatic carbocycles. The van der Waals surface area contributed by atoms with Crippen LogP contribution in [0.4, 0.5) is 0 Å². The molecule has 0 unspecified atom stereocenters. The number of benzene rings is 2. The van der Waals surface area contributed by atoms with Crippen molar-refractivity contribution in [1.82, 2.24) is 4.90 Å². The predicted molar refractivity (Wildman–Crippen MR) is 108 cm³/mol. The van der Waals surface area contributed by atoms with Gasteiger partial charge >= 0.3 is 0 Å². The number of rotatable bonds is 7. The molecule has 28 heavy (non-hydrogen) atoms. The first kappa shape index (κ1) is 19.5. The Morgan fingerprint density at radius 2 is 1.71 bits per heavy atom. The highest BCUT2D eigenvalue weighted by atomic mass is 16.5. The summed E-state index contributed by atoms with van der Waals surface area (Å²) in [5.41, 5.74) is 0.815. The zero-order valence-electron chi connectivity index (χ0n) is 16.2. The Morgan fingerprint density at radius 3 is 2.36 bits per heavy atom. The van der Waals surface area contributed by atoms with Crippen LogP contribution in [0.1, 0.15) is 13.8 Å². The van der Waals surface area contributed by atoms with Crippen molar-refractivity contribution < 1.29 is 18.7 Å². The Hall–Kier alpha value is -3.28. The van der Waals surface area contributed by atoms with Gasteiger partial charge in [0.15, 0.2) is 12.4 Å². The fourth-order valence-corrected chi connectivity index (χ4v) is 2.99. The maximum Gasteiger partial charge on any atom is 0.260 e. The van der Waals surface area contributed by atoms with Gasteiger partial charge in [0.1, 0.15) is 11.3 Å². The Labute approximate surface area is 163 Å². The van der Waals surface area contributed by atoms with E-state index >= 15 is 0 Å². The number of hydrogen-bond acceptors (Lipinski definition) is 5. The summed E-state index contributed by atoms with van der Waals surface area (Å²) in [6, 6.07) is 14.1. The molecule has 1 amide bonds. The minimum absolute atomic E-state index is 0.0318. The summed E-state index contributed by atoms with van der Waals surface area (Å²) in [6.45, 7) is 4.73. The molecule has 3 aromatic rings. The van der Waals surface area contributed by atoms with Crippen molar-refractivity contribution in [3.63, 3.8) is 0 Å². The smallest absolute Gasteiger partial charge is 0.260 e. The van der Waals surface area contributed by atoms with Crippen molar-refractivity contribution in [3.05, 3.63) is 58.8 Å². The Kier molecular flexibility index (Phi) is 5.99. The topological polar surface area (TPSA) is 69.0 Å². The van der Waals surface area contributed by atoms with Crippen molar-refractivity contribution >= 4 is 16.9 Å². The maximum absolute atomic E-state index is 13.0. The fourth-order valence-electron chi connectivity index (χ4n) is 2.99. The normalized spacial score (nSPS) is 10.7. The minimum Gasteiger partial charge on any atom is -0.497 e. The quantitative estimate of drug-likeness (QED) is 0.624. The van der Waals surface area contributed by atoms with Gasteiger partial charge < -0.3 is 18.8 Å². The molecule has 0 N–H and O–H groups in total. The second kappa shape index (κ2) is 8.61. The van der Waals surface area contributed by atoms with Crippen molar-refractivity contribution in [1.29, 1.82) is 0 Å².